The van der Waals surface area contributed by atoms with Crippen molar-refractivity contribution in [3.8, 4) is 28.6 Å². The molecule has 0 spiro atoms. The van der Waals surface area contributed by atoms with E-state index in [1.807, 2.05) is 51.1 Å². The summed E-state index contributed by atoms with van der Waals surface area (Å²) in [4.78, 5) is 16.4. The molecule has 140 valence electrons. The molecule has 7 heteroatoms. The van der Waals surface area contributed by atoms with E-state index in [1.165, 1.54) is 0 Å². The van der Waals surface area contributed by atoms with Gasteiger partial charge >= 0.3 is 0 Å². The van der Waals surface area contributed by atoms with Gasteiger partial charge in [-0.05, 0) is 45.0 Å². The van der Waals surface area contributed by atoms with Gasteiger partial charge in [0.1, 0.15) is 5.75 Å². The van der Waals surface area contributed by atoms with E-state index in [1.54, 1.807) is 18.2 Å². The second-order valence-electron chi connectivity index (χ2n) is 6.99. The zero-order valence-electron chi connectivity index (χ0n) is 15.3. The van der Waals surface area contributed by atoms with Crippen LogP contribution in [0.25, 0.3) is 22.8 Å². The van der Waals surface area contributed by atoms with Crippen molar-refractivity contribution in [2.45, 2.75) is 26.3 Å². The molecule has 0 fully saturated rings. The Morgan fingerprint density at radius 3 is 2.48 bits per heavy atom. The van der Waals surface area contributed by atoms with Gasteiger partial charge in [0.2, 0.25) is 5.82 Å². The number of para-hydroxylation sites is 1. The van der Waals surface area contributed by atoms with Gasteiger partial charge in [0.05, 0.1) is 10.6 Å². The number of nitrogens with one attached hydrogen (secondary N) is 1. The van der Waals surface area contributed by atoms with E-state index in [0.29, 0.717) is 27.7 Å². The molecule has 1 amide bonds. The smallest absolute Gasteiger partial charge is 0.262 e. The number of carbonyl (C=O) groups is 1. The normalized spacial score (nSPS) is 11.3. The minimum Gasteiger partial charge on any atom is -0.483 e. The van der Waals surface area contributed by atoms with Gasteiger partial charge in [-0.25, -0.2) is 0 Å². The van der Waals surface area contributed by atoms with Crippen molar-refractivity contribution in [1.82, 2.24) is 15.5 Å². The summed E-state index contributed by atoms with van der Waals surface area (Å²) in [7, 11) is 0. The number of amides is 1. The summed E-state index contributed by atoms with van der Waals surface area (Å²) in [6.07, 6.45) is 0. The molecule has 0 radical (unpaired) electrons. The van der Waals surface area contributed by atoms with Crippen LogP contribution in [0.1, 0.15) is 20.8 Å². The fourth-order valence-corrected chi connectivity index (χ4v) is 2.67. The Bertz CT molecular complexity index is 947. The van der Waals surface area contributed by atoms with Crippen LogP contribution in [0.5, 0.6) is 5.75 Å². The van der Waals surface area contributed by atoms with Gasteiger partial charge in [0.25, 0.3) is 11.8 Å². The van der Waals surface area contributed by atoms with Gasteiger partial charge < -0.3 is 14.6 Å². The van der Waals surface area contributed by atoms with Crippen LogP contribution >= 0.6 is 11.6 Å². The number of hydrogen-bond acceptors (Lipinski definition) is 5. The number of nitrogens with zero attached hydrogens (tertiary/aromatic N) is 2. The lowest BCUT2D eigenvalue weighted by atomic mass is 10.1. The van der Waals surface area contributed by atoms with E-state index in [4.69, 9.17) is 20.9 Å². The molecule has 0 atom stereocenters. The first kappa shape index (κ1) is 18.9. The topological polar surface area (TPSA) is 77.2 Å². The monoisotopic (exact) mass is 385 g/mol. The van der Waals surface area contributed by atoms with Gasteiger partial charge in [0, 0.05) is 11.1 Å². The molecular formula is C20H20ClN3O3. The van der Waals surface area contributed by atoms with Crippen LogP contribution in [0.15, 0.2) is 53.1 Å². The Balaban J connectivity index is 1.81. The lowest BCUT2D eigenvalue weighted by Gasteiger charge is -2.20. The van der Waals surface area contributed by atoms with E-state index in [-0.39, 0.29) is 23.9 Å². The third-order valence-electron chi connectivity index (χ3n) is 3.53. The van der Waals surface area contributed by atoms with Gasteiger partial charge in [-0.2, -0.15) is 4.98 Å². The van der Waals surface area contributed by atoms with E-state index < -0.39 is 0 Å². The number of carbonyl (C=O) groups excluding carboxylic acids is 1. The van der Waals surface area contributed by atoms with Crippen molar-refractivity contribution >= 4 is 17.5 Å². The van der Waals surface area contributed by atoms with Crippen LogP contribution in [-0.2, 0) is 4.79 Å². The number of aromatic nitrogens is 2. The molecular weight excluding hydrogens is 366 g/mol. The van der Waals surface area contributed by atoms with Crippen LogP contribution in [0.3, 0.4) is 0 Å². The Kier molecular flexibility index (Phi) is 5.46. The predicted octanol–water partition coefficient (Wildman–Crippen LogP) is 4.35. The quantitative estimate of drug-likeness (QED) is 0.706. The largest absolute Gasteiger partial charge is 0.483 e. The average molecular weight is 386 g/mol. The predicted molar refractivity (Wildman–Crippen MR) is 104 cm³/mol. The summed E-state index contributed by atoms with van der Waals surface area (Å²) >= 11 is 6.19. The number of halogens is 1. The lowest BCUT2D eigenvalue weighted by molar-refractivity contribution is -0.124. The minimum atomic E-state index is -0.323. The fraction of sp³-hybridized carbons (Fsp3) is 0.250. The molecule has 0 aliphatic heterocycles. The third kappa shape index (κ3) is 4.86. The second kappa shape index (κ2) is 7.80. The van der Waals surface area contributed by atoms with Crippen molar-refractivity contribution in [1.29, 1.82) is 0 Å². The van der Waals surface area contributed by atoms with E-state index >= 15 is 0 Å². The number of benzene rings is 2. The van der Waals surface area contributed by atoms with Crippen LogP contribution < -0.4 is 10.1 Å². The minimum absolute atomic E-state index is 0.111. The highest BCUT2D eigenvalue weighted by Gasteiger charge is 2.18. The maximum absolute atomic E-state index is 12.0. The molecule has 0 aliphatic rings. The third-order valence-corrected chi connectivity index (χ3v) is 3.86. The molecule has 2 aromatic carbocycles. The van der Waals surface area contributed by atoms with E-state index in [0.717, 1.165) is 0 Å². The van der Waals surface area contributed by atoms with Crippen LogP contribution in [-0.4, -0.2) is 28.2 Å². The van der Waals surface area contributed by atoms with Gasteiger partial charge in [-0.15, -0.1) is 0 Å². The zero-order chi connectivity index (χ0) is 19.4. The highest BCUT2D eigenvalue weighted by molar-refractivity contribution is 6.33. The van der Waals surface area contributed by atoms with Crippen molar-refractivity contribution in [2.24, 2.45) is 0 Å². The summed E-state index contributed by atoms with van der Waals surface area (Å²) in [6, 6.07) is 14.4. The molecule has 1 heterocycles. The molecule has 3 rings (SSSR count). The number of ether oxygens (including phenoxy) is 1. The molecule has 1 aromatic heterocycles. The maximum Gasteiger partial charge on any atom is 0.262 e. The van der Waals surface area contributed by atoms with Gasteiger partial charge in [-0.3, -0.25) is 4.79 Å². The van der Waals surface area contributed by atoms with Crippen LogP contribution in [0.4, 0.5) is 0 Å². The molecule has 6 nitrogen and oxygen atoms in total. The lowest BCUT2D eigenvalue weighted by Crippen LogP contribution is -2.43. The summed E-state index contributed by atoms with van der Waals surface area (Å²) in [5, 5.41) is 7.39. The highest BCUT2D eigenvalue weighted by Crippen LogP contribution is 2.31. The molecule has 0 saturated carbocycles. The first-order valence-corrected chi connectivity index (χ1v) is 8.83. The van der Waals surface area contributed by atoms with Crippen LogP contribution in [0, 0.1) is 0 Å². The molecule has 0 unspecified atom stereocenters. The summed E-state index contributed by atoms with van der Waals surface area (Å²) < 4.78 is 11.1. The summed E-state index contributed by atoms with van der Waals surface area (Å²) in [5.41, 5.74) is 0.958. The molecule has 3 aromatic rings. The maximum atomic E-state index is 12.0. The zero-order valence-corrected chi connectivity index (χ0v) is 16.1. The standard InChI is InChI=1S/C20H20ClN3O3/c1-20(2,3)23-17(25)12-26-16-11-7-5-9-14(16)19-22-18(24-27-19)13-8-4-6-10-15(13)21/h4-11H,12H2,1-3H3,(H,23,25). The van der Waals surface area contributed by atoms with Gasteiger partial charge in [-0.1, -0.05) is 41.0 Å². The molecule has 27 heavy (non-hydrogen) atoms. The average Bonchev–Trinajstić information content (AvgIpc) is 3.09. The van der Waals surface area contributed by atoms with Crippen molar-refractivity contribution in [2.75, 3.05) is 6.61 Å². The molecule has 0 bridgehead atoms. The fourth-order valence-electron chi connectivity index (χ4n) is 2.45. The highest BCUT2D eigenvalue weighted by atomic mass is 35.5. The SMILES string of the molecule is CC(C)(C)NC(=O)COc1ccccc1-c1nc(-c2ccccc2Cl)no1. The Morgan fingerprint density at radius 2 is 1.78 bits per heavy atom. The van der Waals surface area contributed by atoms with Crippen molar-refractivity contribution in [3.63, 3.8) is 0 Å². The number of rotatable bonds is 5. The Hall–Kier alpha value is -2.86. The molecule has 0 aliphatic carbocycles. The van der Waals surface area contributed by atoms with E-state index in [9.17, 15) is 4.79 Å². The second-order valence-corrected chi connectivity index (χ2v) is 7.39. The summed E-state index contributed by atoms with van der Waals surface area (Å²) in [6.45, 7) is 5.62. The Labute approximate surface area is 162 Å². The van der Waals surface area contributed by atoms with E-state index in [2.05, 4.69) is 15.5 Å². The molecule has 1 N–H and O–H groups in total. The Morgan fingerprint density at radius 1 is 1.11 bits per heavy atom. The first-order valence-electron chi connectivity index (χ1n) is 8.45. The van der Waals surface area contributed by atoms with Crippen LogP contribution in [0.2, 0.25) is 5.02 Å². The first-order chi connectivity index (χ1) is 12.8. The van der Waals surface area contributed by atoms with Crippen molar-refractivity contribution < 1.29 is 14.1 Å². The summed E-state index contributed by atoms with van der Waals surface area (Å²) in [5.74, 6) is 0.947. The van der Waals surface area contributed by atoms with Crippen molar-refractivity contribution in [3.05, 3.63) is 53.6 Å². The molecule has 0 saturated heterocycles. The number of hydrogen-bond donors (Lipinski definition) is 1. The van der Waals surface area contributed by atoms with Gasteiger partial charge in [0.15, 0.2) is 6.61 Å².